The van der Waals surface area contributed by atoms with Crippen molar-refractivity contribution in [3.63, 3.8) is 0 Å². The molecule has 1 aromatic heterocycles. The summed E-state index contributed by atoms with van der Waals surface area (Å²) in [5.41, 5.74) is 1.60. The molecule has 18 heavy (non-hydrogen) atoms. The smallest absolute Gasteiger partial charge is 0.295 e. The van der Waals surface area contributed by atoms with Crippen molar-refractivity contribution in [2.45, 2.75) is 20.0 Å². The zero-order valence-electron chi connectivity index (χ0n) is 10.1. The van der Waals surface area contributed by atoms with Gasteiger partial charge in [0.05, 0.1) is 16.7 Å². The van der Waals surface area contributed by atoms with Crippen LogP contribution < -0.4 is 0 Å². The van der Waals surface area contributed by atoms with Gasteiger partial charge in [0.1, 0.15) is 5.69 Å². The van der Waals surface area contributed by atoms with Crippen molar-refractivity contribution < 1.29 is 10.0 Å². The molecule has 0 aliphatic heterocycles. The molecule has 1 heterocycles. The number of aliphatic hydroxyl groups excluding tert-OH is 1. The molecule has 6 heteroatoms. The average Bonchev–Trinajstić information content (AvgIpc) is 2.74. The number of hydrogen-bond donors (Lipinski definition) is 1. The minimum absolute atomic E-state index is 0.0727. The Labute approximate surface area is 104 Å². The van der Waals surface area contributed by atoms with E-state index < -0.39 is 11.0 Å². The Kier molecular flexibility index (Phi) is 3.12. The first-order valence-electron chi connectivity index (χ1n) is 5.48. The average molecular weight is 247 g/mol. The molecular formula is C12H13N3O3. The summed E-state index contributed by atoms with van der Waals surface area (Å²) in [4.78, 5) is 10.6. The van der Waals surface area contributed by atoms with E-state index >= 15 is 0 Å². The number of aromatic nitrogens is 2. The predicted molar refractivity (Wildman–Crippen MR) is 65.6 cm³/mol. The Morgan fingerprint density at radius 2 is 2.17 bits per heavy atom. The molecule has 0 radical (unpaired) electrons. The SMILES string of the molecule is Cc1ccn(-c2ccc([C@@H](C)O)cc2[N+](=O)[O-])n1. The molecule has 0 aliphatic carbocycles. The lowest BCUT2D eigenvalue weighted by atomic mass is 10.1. The summed E-state index contributed by atoms with van der Waals surface area (Å²) >= 11 is 0. The largest absolute Gasteiger partial charge is 0.389 e. The van der Waals surface area contributed by atoms with Gasteiger partial charge in [-0.1, -0.05) is 6.07 Å². The van der Waals surface area contributed by atoms with E-state index in [0.29, 0.717) is 11.3 Å². The highest BCUT2D eigenvalue weighted by atomic mass is 16.6. The van der Waals surface area contributed by atoms with Gasteiger partial charge in [0.25, 0.3) is 5.69 Å². The Hall–Kier alpha value is -2.21. The van der Waals surface area contributed by atoms with Crippen LogP contribution in [0, 0.1) is 17.0 Å². The van der Waals surface area contributed by atoms with Crippen LogP contribution in [-0.4, -0.2) is 19.8 Å². The van der Waals surface area contributed by atoms with E-state index in [1.807, 2.05) is 6.92 Å². The minimum atomic E-state index is -0.739. The third kappa shape index (κ3) is 2.23. The second-order valence-corrected chi connectivity index (χ2v) is 4.08. The van der Waals surface area contributed by atoms with Gasteiger partial charge in [0.2, 0.25) is 0 Å². The zero-order chi connectivity index (χ0) is 13.3. The van der Waals surface area contributed by atoms with Crippen molar-refractivity contribution in [2.24, 2.45) is 0 Å². The Morgan fingerprint density at radius 1 is 1.44 bits per heavy atom. The molecule has 1 atom stereocenters. The van der Waals surface area contributed by atoms with E-state index in [0.717, 1.165) is 5.69 Å². The van der Waals surface area contributed by atoms with Gasteiger partial charge < -0.3 is 5.11 Å². The highest BCUT2D eigenvalue weighted by Gasteiger charge is 2.18. The Morgan fingerprint density at radius 3 is 2.67 bits per heavy atom. The minimum Gasteiger partial charge on any atom is -0.389 e. The zero-order valence-corrected chi connectivity index (χ0v) is 10.1. The second kappa shape index (κ2) is 4.58. The van der Waals surface area contributed by atoms with Gasteiger partial charge in [0, 0.05) is 12.3 Å². The molecule has 0 bridgehead atoms. The second-order valence-electron chi connectivity index (χ2n) is 4.08. The summed E-state index contributed by atoms with van der Waals surface area (Å²) in [5.74, 6) is 0. The van der Waals surface area contributed by atoms with Crippen LogP contribution in [0.4, 0.5) is 5.69 Å². The van der Waals surface area contributed by atoms with Crippen LogP contribution in [0.15, 0.2) is 30.5 Å². The van der Waals surface area contributed by atoms with Crippen molar-refractivity contribution in [1.82, 2.24) is 9.78 Å². The van der Waals surface area contributed by atoms with Gasteiger partial charge in [-0.3, -0.25) is 10.1 Å². The van der Waals surface area contributed by atoms with Gasteiger partial charge in [-0.25, -0.2) is 4.68 Å². The number of benzene rings is 1. The summed E-state index contributed by atoms with van der Waals surface area (Å²) < 4.78 is 1.46. The van der Waals surface area contributed by atoms with Crippen molar-refractivity contribution in [3.05, 3.63) is 51.8 Å². The lowest BCUT2D eigenvalue weighted by Gasteiger charge is -2.07. The first-order chi connectivity index (χ1) is 8.49. The molecule has 94 valence electrons. The fourth-order valence-corrected chi connectivity index (χ4v) is 1.69. The molecule has 0 unspecified atom stereocenters. The Balaban J connectivity index is 2.57. The number of nitrogens with zero attached hydrogens (tertiary/aromatic N) is 3. The van der Waals surface area contributed by atoms with E-state index in [9.17, 15) is 15.2 Å². The number of hydrogen-bond acceptors (Lipinski definition) is 4. The Bertz CT molecular complexity index is 590. The van der Waals surface area contributed by atoms with E-state index in [1.54, 1.807) is 31.3 Å². The molecule has 0 saturated heterocycles. The molecule has 0 amide bonds. The molecule has 0 fully saturated rings. The molecular weight excluding hydrogens is 234 g/mol. The van der Waals surface area contributed by atoms with Crippen molar-refractivity contribution in [1.29, 1.82) is 0 Å². The maximum absolute atomic E-state index is 11.1. The molecule has 2 rings (SSSR count). The summed E-state index contributed by atoms with van der Waals surface area (Å²) in [6.45, 7) is 3.38. The fraction of sp³-hybridized carbons (Fsp3) is 0.250. The topological polar surface area (TPSA) is 81.2 Å². The molecule has 6 nitrogen and oxygen atoms in total. The number of aliphatic hydroxyl groups is 1. The number of nitro groups is 1. The standard InChI is InChI=1S/C12H13N3O3/c1-8-5-6-14(13-8)11-4-3-10(9(2)16)7-12(11)15(17)18/h3-7,9,16H,1-2H3/t9-/m1/s1. The van der Waals surface area contributed by atoms with Crippen LogP contribution in [0.25, 0.3) is 5.69 Å². The first-order valence-corrected chi connectivity index (χ1v) is 5.48. The van der Waals surface area contributed by atoms with E-state index in [-0.39, 0.29) is 5.69 Å². The summed E-state index contributed by atoms with van der Waals surface area (Å²) in [6, 6.07) is 6.39. The molecule has 1 N–H and O–H groups in total. The van der Waals surface area contributed by atoms with Gasteiger partial charge in [-0.2, -0.15) is 5.10 Å². The van der Waals surface area contributed by atoms with Crippen LogP contribution in [0.1, 0.15) is 24.3 Å². The van der Waals surface area contributed by atoms with Crippen molar-refractivity contribution in [3.8, 4) is 5.69 Å². The fourth-order valence-electron chi connectivity index (χ4n) is 1.69. The normalized spacial score (nSPS) is 12.4. The third-order valence-corrected chi connectivity index (χ3v) is 2.65. The van der Waals surface area contributed by atoms with Crippen LogP contribution >= 0.6 is 0 Å². The summed E-state index contributed by atoms with van der Waals surface area (Å²) in [7, 11) is 0. The van der Waals surface area contributed by atoms with Gasteiger partial charge >= 0.3 is 0 Å². The van der Waals surface area contributed by atoms with Crippen LogP contribution in [0.2, 0.25) is 0 Å². The van der Waals surface area contributed by atoms with E-state index in [4.69, 9.17) is 0 Å². The molecule has 1 aromatic carbocycles. The van der Waals surface area contributed by atoms with E-state index in [2.05, 4.69) is 5.10 Å². The maximum atomic E-state index is 11.1. The lowest BCUT2D eigenvalue weighted by Crippen LogP contribution is -2.03. The monoisotopic (exact) mass is 247 g/mol. The van der Waals surface area contributed by atoms with Gasteiger partial charge in [-0.05, 0) is 31.5 Å². The third-order valence-electron chi connectivity index (χ3n) is 2.65. The van der Waals surface area contributed by atoms with E-state index in [1.165, 1.54) is 10.7 Å². The highest BCUT2D eigenvalue weighted by molar-refractivity contribution is 5.54. The van der Waals surface area contributed by atoms with Crippen LogP contribution in [-0.2, 0) is 0 Å². The quantitative estimate of drug-likeness (QED) is 0.665. The number of nitro benzene ring substituents is 1. The number of aryl methyl sites for hydroxylation is 1. The molecule has 0 saturated carbocycles. The van der Waals surface area contributed by atoms with Crippen LogP contribution in [0.5, 0.6) is 0 Å². The van der Waals surface area contributed by atoms with Gasteiger partial charge in [0.15, 0.2) is 0 Å². The molecule has 2 aromatic rings. The van der Waals surface area contributed by atoms with Crippen molar-refractivity contribution in [2.75, 3.05) is 0 Å². The van der Waals surface area contributed by atoms with Crippen molar-refractivity contribution >= 4 is 5.69 Å². The maximum Gasteiger partial charge on any atom is 0.295 e. The first kappa shape index (κ1) is 12.3. The van der Waals surface area contributed by atoms with Crippen LogP contribution in [0.3, 0.4) is 0 Å². The molecule has 0 spiro atoms. The summed E-state index contributed by atoms with van der Waals surface area (Å²) in [6.07, 6.45) is 0.928. The number of rotatable bonds is 3. The highest BCUT2D eigenvalue weighted by Crippen LogP contribution is 2.26. The summed E-state index contributed by atoms with van der Waals surface area (Å²) in [5, 5.41) is 24.7. The lowest BCUT2D eigenvalue weighted by molar-refractivity contribution is -0.384. The predicted octanol–water partition coefficient (Wildman–Crippen LogP) is 2.14. The van der Waals surface area contributed by atoms with Gasteiger partial charge in [-0.15, -0.1) is 0 Å². The molecule has 0 aliphatic rings.